The van der Waals surface area contributed by atoms with E-state index < -0.39 is 0 Å². The lowest BCUT2D eigenvalue weighted by Gasteiger charge is -2.32. The van der Waals surface area contributed by atoms with Crippen molar-refractivity contribution in [2.75, 3.05) is 34.4 Å². The van der Waals surface area contributed by atoms with E-state index in [-0.39, 0.29) is 24.0 Å². The number of hydrogen-bond acceptors (Lipinski definition) is 4. The molecular formula is C21H32IN5O2. The van der Waals surface area contributed by atoms with Crippen LogP contribution in [0, 0.1) is 13.8 Å². The predicted molar refractivity (Wildman–Crippen MR) is 127 cm³/mol. The maximum atomic E-state index is 5.46. The van der Waals surface area contributed by atoms with Crippen molar-refractivity contribution in [3.63, 3.8) is 0 Å². The van der Waals surface area contributed by atoms with E-state index in [2.05, 4.69) is 50.1 Å². The van der Waals surface area contributed by atoms with Gasteiger partial charge in [0.2, 0.25) is 0 Å². The van der Waals surface area contributed by atoms with E-state index in [1.807, 2.05) is 14.0 Å². The average molecular weight is 513 g/mol. The van der Waals surface area contributed by atoms with Gasteiger partial charge in [-0.3, -0.25) is 9.67 Å². The summed E-state index contributed by atoms with van der Waals surface area (Å²) in [6.45, 7) is 7.64. The topological polar surface area (TPSA) is 63.9 Å². The molecule has 7 nitrogen and oxygen atoms in total. The van der Waals surface area contributed by atoms with Crippen LogP contribution < -0.4 is 14.8 Å². The molecule has 1 aromatic heterocycles. The van der Waals surface area contributed by atoms with Gasteiger partial charge in [0.1, 0.15) is 0 Å². The third kappa shape index (κ3) is 5.55. The Bertz CT molecular complexity index is 850. The van der Waals surface area contributed by atoms with Crippen LogP contribution >= 0.6 is 24.0 Å². The highest BCUT2D eigenvalue weighted by atomic mass is 127. The zero-order chi connectivity index (χ0) is 20.1. The summed E-state index contributed by atoms with van der Waals surface area (Å²) in [5.41, 5.74) is 4.85. The summed E-state index contributed by atoms with van der Waals surface area (Å²) in [5, 5.41) is 8.01. The molecule has 1 aliphatic rings. The fourth-order valence-corrected chi connectivity index (χ4v) is 3.73. The highest BCUT2D eigenvalue weighted by Crippen LogP contribution is 2.33. The van der Waals surface area contributed by atoms with Gasteiger partial charge >= 0.3 is 0 Å². The van der Waals surface area contributed by atoms with Gasteiger partial charge < -0.3 is 19.7 Å². The Kier molecular flexibility index (Phi) is 8.60. The monoisotopic (exact) mass is 513 g/mol. The second-order valence-corrected chi connectivity index (χ2v) is 7.13. The Morgan fingerprint density at radius 2 is 1.83 bits per heavy atom. The van der Waals surface area contributed by atoms with Crippen LogP contribution in [0.5, 0.6) is 11.5 Å². The van der Waals surface area contributed by atoms with Gasteiger partial charge in [-0.2, -0.15) is 5.10 Å². The largest absolute Gasteiger partial charge is 0.493 e. The van der Waals surface area contributed by atoms with Crippen LogP contribution in [0.1, 0.15) is 28.9 Å². The molecule has 0 aliphatic carbocycles. The molecule has 0 spiro atoms. The van der Waals surface area contributed by atoms with Crippen molar-refractivity contribution < 1.29 is 9.47 Å². The summed E-state index contributed by atoms with van der Waals surface area (Å²) in [7, 11) is 5.19. The number of aliphatic imine (C=N–C) groups is 1. The number of guanidine groups is 1. The normalized spacial score (nSPS) is 13.6. The lowest BCUT2D eigenvalue weighted by molar-refractivity contribution is 0.345. The molecular weight excluding hydrogens is 481 g/mol. The molecule has 2 heterocycles. The maximum absolute atomic E-state index is 5.46. The number of nitrogens with zero attached hydrogens (tertiary/aromatic N) is 4. The lowest BCUT2D eigenvalue weighted by Crippen LogP contribution is -2.44. The van der Waals surface area contributed by atoms with E-state index in [0.29, 0.717) is 0 Å². The van der Waals surface area contributed by atoms with Crippen LogP contribution in [0.4, 0.5) is 0 Å². The number of fused-ring (bicyclic) bond motifs is 1. The number of nitrogens with one attached hydrogen (secondary N) is 1. The van der Waals surface area contributed by atoms with Crippen LogP contribution in [0.2, 0.25) is 0 Å². The first-order valence-corrected chi connectivity index (χ1v) is 9.76. The summed E-state index contributed by atoms with van der Waals surface area (Å²) in [5.74, 6) is 2.51. The van der Waals surface area contributed by atoms with Crippen LogP contribution in [-0.2, 0) is 19.5 Å². The van der Waals surface area contributed by atoms with Crippen molar-refractivity contribution in [3.8, 4) is 11.5 Å². The highest BCUT2D eigenvalue weighted by Gasteiger charge is 2.21. The number of rotatable bonds is 6. The van der Waals surface area contributed by atoms with Crippen molar-refractivity contribution in [2.45, 2.75) is 39.8 Å². The molecule has 0 saturated heterocycles. The molecule has 1 aromatic carbocycles. The molecule has 0 saturated carbocycles. The molecule has 0 fully saturated rings. The first-order chi connectivity index (χ1) is 13.5. The third-order valence-corrected chi connectivity index (χ3v) is 5.16. The Balaban J connectivity index is 0.00000300. The summed E-state index contributed by atoms with van der Waals surface area (Å²) in [6, 6.07) is 6.29. The Hall–Kier alpha value is -1.97. The molecule has 1 aliphatic heterocycles. The molecule has 0 bridgehead atoms. The number of benzene rings is 1. The average Bonchev–Trinajstić information content (AvgIpc) is 3.03. The second kappa shape index (κ2) is 10.7. The third-order valence-electron chi connectivity index (χ3n) is 5.16. The van der Waals surface area contributed by atoms with Gasteiger partial charge in [0.15, 0.2) is 17.5 Å². The standard InChI is InChI=1S/C21H31N5O2.HI/c1-15-11-16(2)26(24-15)9-6-8-23-21(22-3)25-10-7-17-12-19(27-4)20(28-5)13-18(17)14-25;/h11-13H,6-10,14H2,1-5H3,(H,22,23);1H. The molecule has 29 heavy (non-hydrogen) atoms. The smallest absolute Gasteiger partial charge is 0.193 e. The number of aromatic nitrogens is 2. The van der Waals surface area contributed by atoms with E-state index in [4.69, 9.17) is 9.47 Å². The molecule has 160 valence electrons. The van der Waals surface area contributed by atoms with E-state index >= 15 is 0 Å². The molecule has 3 rings (SSSR count). The maximum Gasteiger partial charge on any atom is 0.193 e. The van der Waals surface area contributed by atoms with E-state index in [0.717, 1.165) is 62.2 Å². The fourth-order valence-electron chi connectivity index (χ4n) is 3.73. The first kappa shape index (κ1) is 23.3. The Morgan fingerprint density at radius 3 is 2.41 bits per heavy atom. The lowest BCUT2D eigenvalue weighted by atomic mass is 9.99. The van der Waals surface area contributed by atoms with Crippen molar-refractivity contribution in [3.05, 3.63) is 40.7 Å². The summed E-state index contributed by atoms with van der Waals surface area (Å²) in [6.07, 6.45) is 1.96. The number of ether oxygens (including phenoxy) is 2. The molecule has 0 radical (unpaired) electrons. The molecule has 0 unspecified atom stereocenters. The minimum atomic E-state index is 0. The Labute approximate surface area is 190 Å². The van der Waals surface area contributed by atoms with Gasteiger partial charge in [-0.25, -0.2) is 0 Å². The van der Waals surface area contributed by atoms with Crippen LogP contribution in [0.3, 0.4) is 0 Å². The highest BCUT2D eigenvalue weighted by molar-refractivity contribution is 14.0. The van der Waals surface area contributed by atoms with Crippen molar-refractivity contribution in [1.82, 2.24) is 20.0 Å². The van der Waals surface area contributed by atoms with Gasteiger partial charge in [0.25, 0.3) is 0 Å². The Morgan fingerprint density at radius 1 is 1.14 bits per heavy atom. The fraction of sp³-hybridized carbons (Fsp3) is 0.524. The molecule has 2 aromatic rings. The second-order valence-electron chi connectivity index (χ2n) is 7.13. The first-order valence-electron chi connectivity index (χ1n) is 9.76. The van der Waals surface area contributed by atoms with Crippen molar-refractivity contribution >= 4 is 29.9 Å². The number of halogens is 1. The zero-order valence-corrected chi connectivity index (χ0v) is 20.3. The number of hydrogen-bond donors (Lipinski definition) is 1. The van der Waals surface area contributed by atoms with Crippen LogP contribution in [0.25, 0.3) is 0 Å². The SMILES string of the molecule is CN=C(NCCCn1nc(C)cc1C)N1CCc2cc(OC)c(OC)cc2C1.I. The van der Waals surface area contributed by atoms with Crippen molar-refractivity contribution in [1.29, 1.82) is 0 Å². The van der Waals surface area contributed by atoms with Gasteiger partial charge in [-0.05, 0) is 56.0 Å². The molecule has 8 heteroatoms. The van der Waals surface area contributed by atoms with Crippen molar-refractivity contribution in [2.24, 2.45) is 4.99 Å². The van der Waals surface area contributed by atoms with Gasteiger partial charge in [0, 0.05) is 38.9 Å². The number of methoxy groups -OCH3 is 2. The van der Waals surface area contributed by atoms with E-state index in [9.17, 15) is 0 Å². The summed E-state index contributed by atoms with van der Waals surface area (Å²) >= 11 is 0. The minimum Gasteiger partial charge on any atom is -0.493 e. The van der Waals surface area contributed by atoms with E-state index in [1.165, 1.54) is 16.8 Å². The quantitative estimate of drug-likeness (QED) is 0.278. The molecule has 1 N–H and O–H groups in total. The predicted octanol–water partition coefficient (Wildman–Crippen LogP) is 3.16. The minimum absolute atomic E-state index is 0. The van der Waals surface area contributed by atoms with E-state index in [1.54, 1.807) is 14.2 Å². The van der Waals surface area contributed by atoms with Gasteiger partial charge in [-0.1, -0.05) is 0 Å². The summed E-state index contributed by atoms with van der Waals surface area (Å²) in [4.78, 5) is 6.77. The summed E-state index contributed by atoms with van der Waals surface area (Å²) < 4.78 is 13.0. The van der Waals surface area contributed by atoms with Gasteiger partial charge in [0.05, 0.1) is 19.9 Å². The zero-order valence-electron chi connectivity index (χ0n) is 18.0. The molecule has 0 atom stereocenters. The molecule has 0 amide bonds. The van der Waals surface area contributed by atoms with Crippen LogP contribution in [-0.4, -0.2) is 55.0 Å². The number of aryl methyl sites for hydroxylation is 3. The van der Waals surface area contributed by atoms with Gasteiger partial charge in [-0.15, -0.1) is 24.0 Å². The van der Waals surface area contributed by atoms with Crippen LogP contribution in [0.15, 0.2) is 23.2 Å².